The van der Waals surface area contributed by atoms with Gasteiger partial charge in [0.2, 0.25) is 17.7 Å². The van der Waals surface area contributed by atoms with Gasteiger partial charge in [-0.15, -0.1) is 0 Å². The lowest BCUT2D eigenvalue weighted by Crippen LogP contribution is -2.58. The van der Waals surface area contributed by atoms with E-state index in [4.69, 9.17) is 20.3 Å². The second kappa shape index (κ2) is 41.4. The monoisotopic (exact) mass is 1430 g/mol. The normalized spacial score (nSPS) is 28.8. The fourth-order valence-electron chi connectivity index (χ4n) is 16.9. The van der Waals surface area contributed by atoms with E-state index in [0.29, 0.717) is 61.8 Å². The van der Waals surface area contributed by atoms with Crippen molar-refractivity contribution in [3.05, 3.63) is 0 Å². The summed E-state index contributed by atoms with van der Waals surface area (Å²) >= 11 is 0. The third-order valence-corrected chi connectivity index (χ3v) is 22.3. The van der Waals surface area contributed by atoms with Crippen LogP contribution in [-0.2, 0) is 52.6 Å². The smallest absolute Gasteiger partial charge is 0.407 e. The maximum Gasteiger partial charge on any atom is 0.407 e. The molecule has 34 nitrogen and oxygen atoms in total. The molecule has 0 radical (unpaired) electrons. The van der Waals surface area contributed by atoms with Crippen molar-refractivity contribution in [1.82, 2.24) is 54.7 Å². The molecule has 3 aliphatic heterocycles. The maximum absolute atomic E-state index is 13.0. The van der Waals surface area contributed by atoms with Crippen LogP contribution in [0.3, 0.4) is 0 Å². The number of amides is 4. The van der Waals surface area contributed by atoms with E-state index in [1.165, 1.54) is 51.4 Å². The van der Waals surface area contributed by atoms with Crippen molar-refractivity contribution >= 4 is 72.4 Å². The van der Waals surface area contributed by atoms with Gasteiger partial charge in [0.15, 0.2) is 25.0 Å². The molecule has 4 aliphatic carbocycles. The standard InChI is InChI=1S/C43H74N14O17.C24H40O3/c44-35(58)23-49-5-7-50(8-12-53(27-39(63)64)16-15-52(11-6-49)26-38(61)62)24-36(59)47-3-1-45-31-73-33-21-57(43(71)72)22-34(33)74-32-46-2-4-48-37(60)25-51-9-13-54(28-40(65)66)17-19-56(30-42(69)70)20-18-55(14-10-51)29-41(67)68;1-15(7-12-22(26)27)18-10-11-19-17-9-8-16-6-4-5-13-23(16,2)20(17)14-21(25)24(18,19)3/h31-34H,1-30H2,(H2,44,58)(H,47,59)(H,48,60)(H,61,62)(H,63,64)(H,65,66)(H,67,68)(H,69,70)(H,71,72);15-21,25H,4-14H2,1-3H3,(H,26,27)/t;15?,16-,17?,18+,19?,20?,21?,23-,24+/m.0/s1. The molecule has 3 heterocycles. The summed E-state index contributed by atoms with van der Waals surface area (Å²) in [6, 6.07) is 0. The molecule has 101 heavy (non-hydrogen) atoms. The first kappa shape index (κ1) is 83.0. The highest BCUT2D eigenvalue weighted by atomic mass is 16.5. The van der Waals surface area contributed by atoms with E-state index in [1.807, 2.05) is 4.90 Å². The van der Waals surface area contributed by atoms with Gasteiger partial charge in [-0.2, -0.15) is 0 Å². The zero-order valence-electron chi connectivity index (χ0n) is 59.3. The molecule has 12 N–H and O–H groups in total. The summed E-state index contributed by atoms with van der Waals surface area (Å²) in [5, 5.41) is 82.9. The van der Waals surface area contributed by atoms with Crippen molar-refractivity contribution in [2.75, 3.05) is 196 Å². The van der Waals surface area contributed by atoms with Crippen molar-refractivity contribution < 1.29 is 98.3 Å². The zero-order chi connectivity index (χ0) is 73.8. The minimum absolute atomic E-state index is 0.00303. The van der Waals surface area contributed by atoms with Gasteiger partial charge in [-0.05, 0) is 97.7 Å². The molecule has 572 valence electrons. The number of hydrogen-bond acceptors (Lipinski definition) is 23. The van der Waals surface area contributed by atoms with Crippen LogP contribution in [0.15, 0.2) is 9.98 Å². The molecule has 0 spiro atoms. The van der Waals surface area contributed by atoms with E-state index in [9.17, 15) is 83.7 Å². The van der Waals surface area contributed by atoms with Gasteiger partial charge in [0, 0.05) is 124 Å². The molecule has 34 heteroatoms. The Morgan fingerprint density at radius 3 is 1.26 bits per heavy atom. The molecule has 7 aliphatic rings. The minimum atomic E-state index is -1.19. The molecule has 7 rings (SSSR count). The van der Waals surface area contributed by atoms with E-state index in [0.717, 1.165) is 42.4 Å². The van der Waals surface area contributed by atoms with Crippen LogP contribution in [0.2, 0.25) is 0 Å². The number of fused-ring (bicyclic) bond motifs is 5. The molecule has 7 fully saturated rings. The first-order valence-electron chi connectivity index (χ1n) is 35.9. The third-order valence-electron chi connectivity index (χ3n) is 22.3. The average molecular weight is 1440 g/mol. The summed E-state index contributed by atoms with van der Waals surface area (Å²) in [5.74, 6) is -3.35. The lowest BCUT2D eigenvalue weighted by atomic mass is 9.44. The lowest BCUT2D eigenvalue weighted by Gasteiger charge is -2.62. The van der Waals surface area contributed by atoms with Crippen LogP contribution in [-0.4, -0.2) is 372 Å². The summed E-state index contributed by atoms with van der Waals surface area (Å²) in [6.45, 7) is 10.3. The molecule has 0 aromatic carbocycles. The number of nitrogens with two attached hydrogens (primary N) is 1. The summed E-state index contributed by atoms with van der Waals surface area (Å²) in [7, 11) is 0. The Hall–Kier alpha value is -6.92. The van der Waals surface area contributed by atoms with Crippen LogP contribution in [0.1, 0.15) is 91.4 Å². The number of carboxylic acid groups (broad SMARTS) is 7. The van der Waals surface area contributed by atoms with Gasteiger partial charge in [-0.1, -0.05) is 33.6 Å². The molecule has 7 unspecified atom stereocenters. The lowest BCUT2D eigenvalue weighted by molar-refractivity contribution is -0.168. The molecule has 0 aromatic heterocycles. The maximum atomic E-state index is 13.0. The number of hydrogen-bond donors (Lipinski definition) is 11. The zero-order valence-corrected chi connectivity index (χ0v) is 59.3. The van der Waals surface area contributed by atoms with Crippen LogP contribution >= 0.6 is 0 Å². The number of aliphatic hydroxyl groups excluding tert-OH is 1. The van der Waals surface area contributed by atoms with Crippen molar-refractivity contribution in [2.45, 2.75) is 110 Å². The molecular weight excluding hydrogens is 1320 g/mol. The van der Waals surface area contributed by atoms with Crippen LogP contribution in [0, 0.1) is 46.3 Å². The summed E-state index contributed by atoms with van der Waals surface area (Å²) < 4.78 is 11.4. The van der Waals surface area contributed by atoms with Gasteiger partial charge >= 0.3 is 41.9 Å². The molecule has 4 saturated carbocycles. The predicted molar refractivity (Wildman–Crippen MR) is 368 cm³/mol. The summed E-state index contributed by atoms with van der Waals surface area (Å²) in [5.41, 5.74) is 5.92. The highest BCUT2D eigenvalue weighted by molar-refractivity contribution is 5.79. The topological polar surface area (TPSA) is 455 Å². The fourth-order valence-corrected chi connectivity index (χ4v) is 16.9. The number of nitrogens with one attached hydrogen (secondary N) is 2. The highest BCUT2D eigenvalue weighted by Gasteiger charge is 2.63. The summed E-state index contributed by atoms with van der Waals surface area (Å²) in [6.07, 6.45) is 12.1. The van der Waals surface area contributed by atoms with Gasteiger partial charge < -0.3 is 71.6 Å². The largest absolute Gasteiger partial charge is 0.481 e. The molecule has 4 amide bonds. The van der Waals surface area contributed by atoms with Crippen LogP contribution < -0.4 is 16.4 Å². The Labute approximate surface area is 591 Å². The number of rotatable bonds is 30. The van der Waals surface area contributed by atoms with E-state index in [2.05, 4.69) is 41.4 Å². The predicted octanol–water partition coefficient (Wildman–Crippen LogP) is -1.10. The second-order valence-electron chi connectivity index (χ2n) is 29.0. The Kier molecular flexibility index (Phi) is 34.0. The summed E-state index contributed by atoms with van der Waals surface area (Å²) in [4.78, 5) is 141. The fraction of sp³-hybridized carbons (Fsp3) is 0.821. The van der Waals surface area contributed by atoms with Gasteiger partial charge in [0.1, 0.15) is 0 Å². The van der Waals surface area contributed by atoms with Crippen molar-refractivity contribution in [1.29, 1.82) is 0 Å². The van der Waals surface area contributed by atoms with E-state index < -0.39 is 60.0 Å². The van der Waals surface area contributed by atoms with Crippen molar-refractivity contribution in [3.63, 3.8) is 0 Å². The Bertz CT molecular complexity index is 2610. The quantitative estimate of drug-likeness (QED) is 0.0231. The highest BCUT2D eigenvalue weighted by Crippen LogP contribution is 2.68. The van der Waals surface area contributed by atoms with E-state index in [-0.39, 0.29) is 193 Å². The molecule has 11 atom stereocenters. The van der Waals surface area contributed by atoms with Gasteiger partial charge in [0.05, 0.1) is 84.6 Å². The number of carbonyl (C=O) groups is 10. The van der Waals surface area contributed by atoms with Gasteiger partial charge in [-0.3, -0.25) is 92.3 Å². The Morgan fingerprint density at radius 2 is 0.891 bits per heavy atom. The number of aliphatic carboxylic acids is 6. The number of primary amides is 1. The van der Waals surface area contributed by atoms with Crippen molar-refractivity contribution in [2.24, 2.45) is 62.1 Å². The first-order chi connectivity index (χ1) is 48.0. The SMILES string of the molecule is CC(CCC(=O)O)[C@H]1CCC2C3CC[C@@H]4CCCC[C@]4(C)C3CC(O)[C@@]21C.NC(=O)CN1CCN(CC(=O)O)CCN(CC(=O)O)CCN(CC(=O)NCCN=COC2CN(C(=O)O)CC2OC=NCCNC(=O)CN2CCN(CC(=O)O)CCN(CC(=O)O)CCN(CC(=O)O)CC2)CC1. The number of nitrogens with zero attached hydrogens (tertiary/aromatic N) is 11. The number of aliphatic imine (C=N–C) groups is 2. The van der Waals surface area contributed by atoms with Gasteiger partial charge in [-0.25, -0.2) is 4.79 Å². The van der Waals surface area contributed by atoms with Crippen LogP contribution in [0.4, 0.5) is 4.79 Å². The molecule has 0 aromatic rings. The number of ether oxygens (including phenoxy) is 2. The van der Waals surface area contributed by atoms with Gasteiger partial charge in [0.25, 0.3) is 0 Å². The Morgan fingerprint density at radius 1 is 0.505 bits per heavy atom. The minimum Gasteiger partial charge on any atom is -0.481 e. The molecular formula is C67H114N14O20. The van der Waals surface area contributed by atoms with Crippen LogP contribution in [0.25, 0.3) is 0 Å². The van der Waals surface area contributed by atoms with Crippen LogP contribution in [0.5, 0.6) is 0 Å². The number of carbonyl (C=O) groups excluding carboxylic acids is 3. The van der Waals surface area contributed by atoms with E-state index >= 15 is 0 Å². The molecule has 0 bridgehead atoms. The van der Waals surface area contributed by atoms with Crippen molar-refractivity contribution in [3.8, 4) is 0 Å². The molecule has 3 saturated heterocycles. The Balaban J connectivity index is 0.000000488. The number of aliphatic hydroxyl groups is 1. The number of carboxylic acids is 6. The average Bonchev–Trinajstić information content (AvgIpc) is 1.67. The second-order valence-corrected chi connectivity index (χ2v) is 29.0. The number of likely N-dealkylation sites (tertiary alicyclic amines) is 1. The van der Waals surface area contributed by atoms with E-state index in [1.54, 1.807) is 34.3 Å². The third kappa shape index (κ3) is 27.3. The first-order valence-corrected chi connectivity index (χ1v) is 35.9.